The maximum atomic E-state index is 11.4. The van der Waals surface area contributed by atoms with Crippen LogP contribution in [-0.4, -0.2) is 44.3 Å². The largest absolute Gasteiger partial charge is 0.478 e. The normalized spacial score (nSPS) is 9.76. The number of carbonyl (C=O) groups is 4. The first-order chi connectivity index (χ1) is 11.2. The van der Waals surface area contributed by atoms with Gasteiger partial charge in [-0.3, -0.25) is 0 Å². The average molecular weight is 367 g/mol. The second kappa shape index (κ2) is 7.45. The maximum absolute atomic E-state index is 11.4. The number of carboxylic acid groups (broad SMARTS) is 4. The van der Waals surface area contributed by atoms with Crippen molar-refractivity contribution in [2.75, 3.05) is 0 Å². The Hall–Kier alpha value is -3.39. The second-order valence-electron chi connectivity index (χ2n) is 4.74. The predicted molar refractivity (Wildman–Crippen MR) is 87.0 cm³/mol. The molecule has 0 aliphatic carbocycles. The highest BCUT2D eigenvalue weighted by atomic mass is 35.5. The monoisotopic (exact) mass is 366 g/mol. The molecule has 4 N–H and O–H groups in total. The van der Waals surface area contributed by atoms with Crippen LogP contribution in [-0.2, 0) is 0 Å². The zero-order valence-corrected chi connectivity index (χ0v) is 13.1. The van der Waals surface area contributed by atoms with Gasteiger partial charge in [0.15, 0.2) is 0 Å². The molecule has 130 valence electrons. The summed E-state index contributed by atoms with van der Waals surface area (Å²) in [5.74, 6) is -5.54. The van der Waals surface area contributed by atoms with E-state index in [0.717, 1.165) is 24.3 Å². The van der Waals surface area contributed by atoms with E-state index in [0.29, 0.717) is 0 Å². The quantitative estimate of drug-likeness (QED) is 0.630. The van der Waals surface area contributed by atoms with Crippen molar-refractivity contribution in [2.24, 2.45) is 0 Å². The van der Waals surface area contributed by atoms with Gasteiger partial charge in [-0.2, -0.15) is 0 Å². The molecular weight excluding hydrogens is 356 g/mol. The van der Waals surface area contributed by atoms with E-state index in [2.05, 4.69) is 0 Å². The zero-order chi connectivity index (χ0) is 18.0. The third-order valence-corrected chi connectivity index (χ3v) is 3.28. The van der Waals surface area contributed by atoms with Gasteiger partial charge < -0.3 is 20.4 Å². The van der Waals surface area contributed by atoms with E-state index < -0.39 is 35.0 Å². The number of halogens is 1. The molecule has 2 aromatic carbocycles. The number of rotatable bonds is 5. The molecular formula is C16H11ClO8. The van der Waals surface area contributed by atoms with Crippen molar-refractivity contribution in [1.82, 2.24) is 0 Å². The molecule has 25 heavy (non-hydrogen) atoms. The molecule has 0 spiro atoms. The molecule has 8 nitrogen and oxygen atoms in total. The van der Waals surface area contributed by atoms with Gasteiger partial charge in [-0.1, -0.05) is 12.1 Å². The highest BCUT2D eigenvalue weighted by molar-refractivity contribution is 6.05. The van der Waals surface area contributed by atoms with Crippen LogP contribution in [0.5, 0.6) is 0 Å². The minimum Gasteiger partial charge on any atom is -0.478 e. The third-order valence-electron chi connectivity index (χ3n) is 3.28. The van der Waals surface area contributed by atoms with E-state index in [1.165, 1.54) is 12.1 Å². The fraction of sp³-hybridized carbons (Fsp3) is 0. The van der Waals surface area contributed by atoms with E-state index in [4.69, 9.17) is 10.2 Å². The second-order valence-corrected chi connectivity index (χ2v) is 4.74. The summed E-state index contributed by atoms with van der Waals surface area (Å²) in [6.07, 6.45) is 0. The molecule has 0 bridgehead atoms. The Labute approximate surface area is 146 Å². The molecule has 0 unspecified atom stereocenters. The molecule has 0 aromatic heterocycles. The number of hydrogen-bond acceptors (Lipinski definition) is 4. The van der Waals surface area contributed by atoms with Crippen LogP contribution in [0.1, 0.15) is 41.4 Å². The first-order valence-electron chi connectivity index (χ1n) is 6.44. The molecule has 0 aliphatic rings. The molecule has 9 heteroatoms. The van der Waals surface area contributed by atoms with Crippen LogP contribution in [0, 0.1) is 0 Å². The van der Waals surface area contributed by atoms with Crippen LogP contribution in [0.4, 0.5) is 0 Å². The Kier molecular flexibility index (Phi) is 5.86. The standard InChI is InChI=1S/C16H10O8.ClH/c17-13(18)7-1-3-9(11(5-7)15(21)22)10-4-2-8(14(19)20)6-12(10)16(23)24;/h1-6H,(H,17,18)(H,19,20)(H,21,22)(H,23,24);1H. The van der Waals surface area contributed by atoms with Crippen LogP contribution in [0.3, 0.4) is 0 Å². The van der Waals surface area contributed by atoms with Crippen LogP contribution < -0.4 is 0 Å². The van der Waals surface area contributed by atoms with E-state index in [1.807, 2.05) is 0 Å². The predicted octanol–water partition coefficient (Wildman–Crippen LogP) is 2.57. The van der Waals surface area contributed by atoms with Gasteiger partial charge >= 0.3 is 23.9 Å². The van der Waals surface area contributed by atoms with Gasteiger partial charge in [-0.05, 0) is 35.4 Å². The molecule has 0 amide bonds. The van der Waals surface area contributed by atoms with Crippen LogP contribution in [0.25, 0.3) is 11.1 Å². The van der Waals surface area contributed by atoms with E-state index in [-0.39, 0.29) is 34.7 Å². The van der Waals surface area contributed by atoms with Gasteiger partial charge in [0.1, 0.15) is 0 Å². The Balaban J connectivity index is 0.00000312. The summed E-state index contributed by atoms with van der Waals surface area (Å²) in [6, 6.07) is 6.46. The van der Waals surface area contributed by atoms with Crippen molar-refractivity contribution >= 4 is 36.3 Å². The SMILES string of the molecule is Cl.O=C(O)c1ccc(-c2ccc(C(=O)O)cc2C(=O)O)c(C(=O)O)c1. The van der Waals surface area contributed by atoms with Gasteiger partial charge in [0.25, 0.3) is 0 Å². The van der Waals surface area contributed by atoms with E-state index in [9.17, 15) is 29.4 Å². The number of hydrogen-bond donors (Lipinski definition) is 4. The average Bonchev–Trinajstić information content (AvgIpc) is 2.53. The molecule has 0 heterocycles. The molecule has 2 aromatic rings. The molecule has 2 rings (SSSR count). The number of carboxylic acids is 4. The Morgan fingerprint density at radius 1 is 0.560 bits per heavy atom. The summed E-state index contributed by atoms with van der Waals surface area (Å²) in [7, 11) is 0. The molecule has 0 saturated carbocycles. The van der Waals surface area contributed by atoms with Gasteiger partial charge in [0, 0.05) is 0 Å². The fourth-order valence-corrected chi connectivity index (χ4v) is 2.18. The lowest BCUT2D eigenvalue weighted by Gasteiger charge is -2.11. The first kappa shape index (κ1) is 19.7. The topological polar surface area (TPSA) is 149 Å². The van der Waals surface area contributed by atoms with Crippen LogP contribution in [0.15, 0.2) is 36.4 Å². The van der Waals surface area contributed by atoms with E-state index in [1.54, 1.807) is 0 Å². The third kappa shape index (κ3) is 3.93. The number of benzene rings is 2. The lowest BCUT2D eigenvalue weighted by Crippen LogP contribution is -2.08. The van der Waals surface area contributed by atoms with Gasteiger partial charge in [0.05, 0.1) is 22.3 Å². The van der Waals surface area contributed by atoms with Crippen molar-refractivity contribution in [2.45, 2.75) is 0 Å². The molecule has 0 aliphatic heterocycles. The van der Waals surface area contributed by atoms with Crippen molar-refractivity contribution in [3.63, 3.8) is 0 Å². The molecule has 0 saturated heterocycles. The first-order valence-corrected chi connectivity index (χ1v) is 6.44. The molecule has 0 fully saturated rings. The maximum Gasteiger partial charge on any atom is 0.336 e. The van der Waals surface area contributed by atoms with Gasteiger partial charge in [-0.15, -0.1) is 12.4 Å². The summed E-state index contributed by atoms with van der Waals surface area (Å²) in [5.41, 5.74) is -1.39. The van der Waals surface area contributed by atoms with Crippen molar-refractivity contribution in [3.05, 3.63) is 58.7 Å². The number of aromatic carboxylic acids is 4. The fourth-order valence-electron chi connectivity index (χ4n) is 2.18. The Bertz CT molecular complexity index is 814. The lowest BCUT2D eigenvalue weighted by molar-refractivity contribution is 0.0675. The van der Waals surface area contributed by atoms with Crippen molar-refractivity contribution < 1.29 is 39.6 Å². The highest BCUT2D eigenvalue weighted by Crippen LogP contribution is 2.29. The summed E-state index contributed by atoms with van der Waals surface area (Å²) in [5, 5.41) is 36.4. The van der Waals surface area contributed by atoms with Crippen molar-refractivity contribution in [3.8, 4) is 11.1 Å². The zero-order valence-electron chi connectivity index (χ0n) is 12.3. The summed E-state index contributed by atoms with van der Waals surface area (Å²) in [6.45, 7) is 0. The minimum atomic E-state index is -1.44. The molecule has 0 atom stereocenters. The minimum absolute atomic E-state index is 0. The van der Waals surface area contributed by atoms with E-state index >= 15 is 0 Å². The van der Waals surface area contributed by atoms with Gasteiger partial charge in [-0.25, -0.2) is 19.2 Å². The van der Waals surface area contributed by atoms with Crippen molar-refractivity contribution in [1.29, 1.82) is 0 Å². The molecule has 0 radical (unpaired) electrons. The summed E-state index contributed by atoms with van der Waals surface area (Å²) in [4.78, 5) is 44.7. The van der Waals surface area contributed by atoms with Crippen LogP contribution >= 0.6 is 12.4 Å². The highest BCUT2D eigenvalue weighted by Gasteiger charge is 2.21. The lowest BCUT2D eigenvalue weighted by atomic mass is 9.92. The summed E-state index contributed by atoms with van der Waals surface area (Å²) < 4.78 is 0. The Morgan fingerprint density at radius 2 is 0.880 bits per heavy atom. The van der Waals surface area contributed by atoms with Gasteiger partial charge in [0.2, 0.25) is 0 Å². The smallest absolute Gasteiger partial charge is 0.336 e. The Morgan fingerprint density at radius 3 is 1.12 bits per heavy atom. The van der Waals surface area contributed by atoms with Crippen LogP contribution in [0.2, 0.25) is 0 Å². The summed E-state index contributed by atoms with van der Waals surface area (Å²) >= 11 is 0.